The molecule has 3 unspecified atom stereocenters. The van der Waals surface area contributed by atoms with Gasteiger partial charge in [0, 0.05) is 11.8 Å². The van der Waals surface area contributed by atoms with Crippen LogP contribution in [0.15, 0.2) is 59.0 Å². The lowest BCUT2D eigenvalue weighted by molar-refractivity contribution is 0.511. The molecule has 3 aromatic rings. The van der Waals surface area contributed by atoms with Crippen molar-refractivity contribution in [3.8, 4) is 0 Å². The minimum absolute atomic E-state index is 0.0864. The Morgan fingerprint density at radius 3 is 2.67 bits per heavy atom. The van der Waals surface area contributed by atoms with Crippen molar-refractivity contribution in [1.29, 1.82) is 0 Å². The Morgan fingerprint density at radius 2 is 1.86 bits per heavy atom. The predicted octanol–water partition coefficient (Wildman–Crippen LogP) is 4.78. The lowest BCUT2D eigenvalue weighted by atomic mass is 10.1. The number of oxazole rings is 1. The van der Waals surface area contributed by atoms with E-state index < -0.39 is 0 Å². The van der Waals surface area contributed by atoms with E-state index in [0.29, 0.717) is 18.3 Å². The number of aromatic nitrogens is 1. The van der Waals surface area contributed by atoms with E-state index in [1.807, 2.05) is 24.3 Å². The van der Waals surface area contributed by atoms with Gasteiger partial charge in [0.2, 0.25) is 0 Å². The third-order valence-electron chi connectivity index (χ3n) is 4.24. The summed E-state index contributed by atoms with van der Waals surface area (Å²) in [7, 11) is 0. The molecule has 1 aliphatic rings. The molecule has 1 heterocycles. The van der Waals surface area contributed by atoms with Crippen LogP contribution < -0.4 is 0 Å². The van der Waals surface area contributed by atoms with Crippen molar-refractivity contribution < 1.29 is 4.42 Å². The van der Waals surface area contributed by atoms with Gasteiger partial charge in [-0.1, -0.05) is 42.5 Å². The predicted molar refractivity (Wildman–Crippen MR) is 84.6 cm³/mol. The molecule has 0 aliphatic heterocycles. The Morgan fingerprint density at radius 1 is 1.10 bits per heavy atom. The van der Waals surface area contributed by atoms with Crippen molar-refractivity contribution in [2.45, 2.75) is 24.1 Å². The Kier molecular flexibility index (Phi) is 3.19. The zero-order valence-corrected chi connectivity index (χ0v) is 12.3. The van der Waals surface area contributed by atoms with Crippen LogP contribution in [0.5, 0.6) is 0 Å². The first-order valence-electron chi connectivity index (χ1n) is 7.35. The topological polar surface area (TPSA) is 26.0 Å². The first kappa shape index (κ1) is 12.9. The number of benzene rings is 2. The average Bonchev–Trinajstić information content (AvgIpc) is 3.22. The Balaban J connectivity index is 1.46. The van der Waals surface area contributed by atoms with Gasteiger partial charge in [0.05, 0.1) is 0 Å². The van der Waals surface area contributed by atoms with Crippen molar-refractivity contribution in [2.24, 2.45) is 5.92 Å². The van der Waals surface area contributed by atoms with Crippen LogP contribution in [0.2, 0.25) is 0 Å². The Hall–Kier alpha value is -1.80. The van der Waals surface area contributed by atoms with Crippen LogP contribution in [0.1, 0.15) is 23.8 Å². The minimum atomic E-state index is 0.0864. The van der Waals surface area contributed by atoms with Gasteiger partial charge in [0.15, 0.2) is 11.5 Å². The Bertz CT molecular complexity index is 719. The van der Waals surface area contributed by atoms with Gasteiger partial charge in [0.1, 0.15) is 5.52 Å². The molecule has 106 valence electrons. The van der Waals surface area contributed by atoms with Gasteiger partial charge in [-0.2, -0.15) is 0 Å². The van der Waals surface area contributed by atoms with Crippen LogP contribution in [0.4, 0.5) is 0 Å². The van der Waals surface area contributed by atoms with E-state index in [1.165, 1.54) is 12.0 Å². The second-order valence-electron chi connectivity index (χ2n) is 5.71. The number of hydrogen-bond acceptors (Lipinski definition) is 2. The monoisotopic (exact) mass is 297 g/mol. The lowest BCUT2D eigenvalue weighted by Gasteiger charge is -2.06. The maximum absolute atomic E-state index is 6.58. The molecular weight excluding hydrogens is 282 g/mol. The van der Waals surface area contributed by atoms with Gasteiger partial charge >= 0.3 is 0 Å². The second kappa shape index (κ2) is 5.19. The highest BCUT2D eigenvalue weighted by molar-refractivity contribution is 6.21. The molecule has 0 radical (unpaired) electrons. The van der Waals surface area contributed by atoms with Gasteiger partial charge in [-0.15, -0.1) is 11.6 Å². The second-order valence-corrected chi connectivity index (χ2v) is 6.27. The van der Waals surface area contributed by atoms with E-state index >= 15 is 0 Å². The molecule has 2 aromatic carbocycles. The highest BCUT2D eigenvalue weighted by Gasteiger charge is 2.43. The quantitative estimate of drug-likeness (QED) is 0.648. The van der Waals surface area contributed by atoms with Crippen LogP contribution in [0.3, 0.4) is 0 Å². The molecular formula is C18H16ClNO. The Labute approximate surface area is 128 Å². The fraction of sp³-hybridized carbons (Fsp3) is 0.278. The molecule has 1 fully saturated rings. The normalized spacial score (nSPS) is 22.3. The van der Waals surface area contributed by atoms with E-state index in [1.54, 1.807) is 0 Å². The highest BCUT2D eigenvalue weighted by atomic mass is 35.5. The summed E-state index contributed by atoms with van der Waals surface area (Å²) in [6.07, 6.45) is 1.86. The van der Waals surface area contributed by atoms with Crippen LogP contribution in [-0.2, 0) is 6.42 Å². The molecule has 3 heteroatoms. The van der Waals surface area contributed by atoms with E-state index in [4.69, 9.17) is 16.0 Å². The summed E-state index contributed by atoms with van der Waals surface area (Å²) in [4.78, 5) is 4.51. The molecule has 0 N–H and O–H groups in total. The van der Waals surface area contributed by atoms with E-state index in [0.717, 1.165) is 17.0 Å². The summed E-state index contributed by atoms with van der Waals surface area (Å²) in [5.74, 6) is 1.87. The van der Waals surface area contributed by atoms with Crippen LogP contribution >= 0.6 is 11.6 Å². The summed E-state index contributed by atoms with van der Waals surface area (Å²) in [6, 6.07) is 18.5. The fourth-order valence-electron chi connectivity index (χ4n) is 3.02. The molecule has 4 rings (SSSR count). The molecule has 0 saturated heterocycles. The first-order valence-corrected chi connectivity index (χ1v) is 7.78. The number of alkyl halides is 1. The summed E-state index contributed by atoms with van der Waals surface area (Å²) in [5, 5.41) is 0.0864. The number of halogens is 1. The number of rotatable bonds is 4. The van der Waals surface area contributed by atoms with Crippen molar-refractivity contribution >= 4 is 22.7 Å². The molecule has 21 heavy (non-hydrogen) atoms. The number of para-hydroxylation sites is 2. The zero-order valence-electron chi connectivity index (χ0n) is 11.6. The van der Waals surface area contributed by atoms with E-state index in [2.05, 4.69) is 35.3 Å². The van der Waals surface area contributed by atoms with Crippen LogP contribution in [-0.4, -0.2) is 10.4 Å². The summed E-state index contributed by atoms with van der Waals surface area (Å²) in [6.45, 7) is 0. The third kappa shape index (κ3) is 2.56. The lowest BCUT2D eigenvalue weighted by Crippen LogP contribution is -2.07. The molecule has 0 spiro atoms. The van der Waals surface area contributed by atoms with Gasteiger partial charge in [0.25, 0.3) is 0 Å². The molecule has 1 saturated carbocycles. The molecule has 0 amide bonds. The third-order valence-corrected chi connectivity index (χ3v) is 4.72. The van der Waals surface area contributed by atoms with Crippen LogP contribution in [0, 0.1) is 5.92 Å². The highest BCUT2D eigenvalue weighted by Crippen LogP contribution is 2.51. The van der Waals surface area contributed by atoms with Gasteiger partial charge in [-0.3, -0.25) is 0 Å². The molecule has 0 bridgehead atoms. The molecule has 2 nitrogen and oxygen atoms in total. The largest absolute Gasteiger partial charge is 0.441 e. The standard InChI is InChI=1S/C18H16ClNO/c19-15(14-10-13(14)12-6-2-1-3-7-12)11-18-20-16-8-4-5-9-17(16)21-18/h1-9,13-15H,10-11H2. The zero-order chi connectivity index (χ0) is 14.2. The first-order chi connectivity index (χ1) is 10.3. The maximum atomic E-state index is 6.58. The van der Waals surface area contributed by atoms with E-state index in [9.17, 15) is 0 Å². The molecule has 1 aliphatic carbocycles. The summed E-state index contributed by atoms with van der Waals surface area (Å²) in [5.41, 5.74) is 3.14. The minimum Gasteiger partial charge on any atom is -0.441 e. The van der Waals surface area contributed by atoms with Crippen molar-refractivity contribution in [3.63, 3.8) is 0 Å². The fourth-order valence-corrected chi connectivity index (χ4v) is 3.43. The van der Waals surface area contributed by atoms with Gasteiger partial charge < -0.3 is 4.42 Å². The maximum Gasteiger partial charge on any atom is 0.196 e. The summed E-state index contributed by atoms with van der Waals surface area (Å²) >= 11 is 6.58. The van der Waals surface area contributed by atoms with Gasteiger partial charge in [-0.25, -0.2) is 4.98 Å². The number of hydrogen-bond donors (Lipinski definition) is 0. The van der Waals surface area contributed by atoms with Crippen molar-refractivity contribution in [3.05, 3.63) is 66.1 Å². The van der Waals surface area contributed by atoms with Crippen molar-refractivity contribution in [2.75, 3.05) is 0 Å². The molecule has 3 atom stereocenters. The van der Waals surface area contributed by atoms with Crippen LogP contribution in [0.25, 0.3) is 11.1 Å². The van der Waals surface area contributed by atoms with Crippen molar-refractivity contribution in [1.82, 2.24) is 4.98 Å². The summed E-state index contributed by atoms with van der Waals surface area (Å²) < 4.78 is 5.76. The van der Waals surface area contributed by atoms with Gasteiger partial charge in [-0.05, 0) is 36.0 Å². The average molecular weight is 298 g/mol. The smallest absolute Gasteiger partial charge is 0.196 e. The van der Waals surface area contributed by atoms with E-state index in [-0.39, 0.29) is 5.38 Å². The number of fused-ring (bicyclic) bond motifs is 1. The molecule has 1 aromatic heterocycles. The number of nitrogens with zero attached hydrogens (tertiary/aromatic N) is 1. The SMILES string of the molecule is ClC(Cc1nc2ccccc2o1)C1CC1c1ccccc1.